The van der Waals surface area contributed by atoms with Crippen LogP contribution in [0.3, 0.4) is 0 Å². The normalized spacial score (nSPS) is 16.6. The molecule has 0 amide bonds. The van der Waals surface area contributed by atoms with Crippen LogP contribution in [0.2, 0.25) is 0 Å². The molecule has 2 heteroatoms. The van der Waals surface area contributed by atoms with Crippen molar-refractivity contribution >= 4 is 0 Å². The Morgan fingerprint density at radius 3 is 1.69 bits per heavy atom. The third kappa shape index (κ3) is 2.44. The summed E-state index contributed by atoms with van der Waals surface area (Å²) >= 11 is 0. The standard InChI is InChI=1S/C11H25NO/c1-6-11(9-13,10(4)5)12(7-2)8-3/h10,13H,6-9H2,1-5H3. The summed E-state index contributed by atoms with van der Waals surface area (Å²) in [5.41, 5.74) is -0.0104. The highest BCUT2D eigenvalue weighted by molar-refractivity contribution is 4.91. The number of rotatable bonds is 6. The number of hydrogen-bond donors (Lipinski definition) is 1. The fraction of sp³-hybridized carbons (Fsp3) is 1.00. The monoisotopic (exact) mass is 187 g/mol. The van der Waals surface area contributed by atoms with Crippen molar-refractivity contribution in [2.45, 2.75) is 46.6 Å². The zero-order valence-electron chi connectivity index (χ0n) is 9.80. The zero-order valence-corrected chi connectivity index (χ0v) is 9.80. The first-order chi connectivity index (χ1) is 6.08. The lowest BCUT2D eigenvalue weighted by Gasteiger charge is -2.44. The molecule has 1 N–H and O–H groups in total. The van der Waals surface area contributed by atoms with Crippen LogP contribution in [0.5, 0.6) is 0 Å². The van der Waals surface area contributed by atoms with Gasteiger partial charge in [0.2, 0.25) is 0 Å². The van der Waals surface area contributed by atoms with Gasteiger partial charge in [-0.2, -0.15) is 0 Å². The van der Waals surface area contributed by atoms with E-state index in [1.54, 1.807) is 0 Å². The van der Waals surface area contributed by atoms with Gasteiger partial charge in [-0.05, 0) is 25.4 Å². The van der Waals surface area contributed by atoms with E-state index in [0.29, 0.717) is 5.92 Å². The summed E-state index contributed by atoms with van der Waals surface area (Å²) < 4.78 is 0. The first kappa shape index (κ1) is 12.9. The predicted octanol–water partition coefficient (Wildman–Crippen LogP) is 2.13. The van der Waals surface area contributed by atoms with Gasteiger partial charge in [-0.15, -0.1) is 0 Å². The highest BCUT2D eigenvalue weighted by Crippen LogP contribution is 2.27. The Hall–Kier alpha value is -0.0800. The maximum absolute atomic E-state index is 9.54. The van der Waals surface area contributed by atoms with Crippen LogP contribution in [0.15, 0.2) is 0 Å². The van der Waals surface area contributed by atoms with Gasteiger partial charge in [0.15, 0.2) is 0 Å². The summed E-state index contributed by atoms with van der Waals surface area (Å²) in [6.07, 6.45) is 1.02. The quantitative estimate of drug-likeness (QED) is 0.688. The molecule has 0 aromatic carbocycles. The summed E-state index contributed by atoms with van der Waals surface area (Å²) in [7, 11) is 0. The summed E-state index contributed by atoms with van der Waals surface area (Å²) in [6, 6.07) is 0. The minimum Gasteiger partial charge on any atom is -0.394 e. The molecule has 0 aliphatic carbocycles. The highest BCUT2D eigenvalue weighted by atomic mass is 16.3. The summed E-state index contributed by atoms with van der Waals surface area (Å²) in [6.45, 7) is 13.2. The Kier molecular flexibility index (Phi) is 5.57. The zero-order chi connectivity index (χ0) is 10.5. The van der Waals surface area contributed by atoms with Crippen LogP contribution in [-0.4, -0.2) is 35.2 Å². The predicted molar refractivity (Wildman–Crippen MR) is 57.9 cm³/mol. The molecule has 0 rings (SSSR count). The van der Waals surface area contributed by atoms with Crippen molar-refractivity contribution in [2.75, 3.05) is 19.7 Å². The number of nitrogens with zero attached hydrogens (tertiary/aromatic N) is 1. The molecule has 0 bridgehead atoms. The first-order valence-electron chi connectivity index (χ1n) is 5.44. The van der Waals surface area contributed by atoms with E-state index in [4.69, 9.17) is 0 Å². The second-order valence-corrected chi connectivity index (χ2v) is 3.94. The SMILES string of the molecule is CCN(CC)C(CC)(CO)C(C)C. The van der Waals surface area contributed by atoms with Crippen LogP contribution < -0.4 is 0 Å². The van der Waals surface area contributed by atoms with Gasteiger partial charge < -0.3 is 5.11 Å². The molecule has 0 fully saturated rings. The fourth-order valence-electron chi connectivity index (χ4n) is 2.24. The van der Waals surface area contributed by atoms with E-state index in [2.05, 4.69) is 39.5 Å². The minimum atomic E-state index is -0.0104. The molecule has 2 nitrogen and oxygen atoms in total. The molecular weight excluding hydrogens is 162 g/mol. The summed E-state index contributed by atoms with van der Waals surface area (Å²) in [4.78, 5) is 2.37. The third-order valence-corrected chi connectivity index (χ3v) is 3.35. The minimum absolute atomic E-state index is 0.0104. The molecule has 0 aliphatic rings. The Morgan fingerprint density at radius 1 is 1.15 bits per heavy atom. The van der Waals surface area contributed by atoms with Crippen molar-refractivity contribution in [3.8, 4) is 0 Å². The molecule has 13 heavy (non-hydrogen) atoms. The summed E-state index contributed by atoms with van der Waals surface area (Å²) in [5.74, 6) is 0.502. The Bertz CT molecular complexity index is 126. The lowest BCUT2D eigenvalue weighted by Crippen LogP contribution is -2.54. The molecule has 0 radical (unpaired) electrons. The van der Waals surface area contributed by atoms with Crippen LogP contribution in [0.1, 0.15) is 41.0 Å². The van der Waals surface area contributed by atoms with E-state index < -0.39 is 0 Å². The van der Waals surface area contributed by atoms with Crippen LogP contribution in [-0.2, 0) is 0 Å². The smallest absolute Gasteiger partial charge is 0.0617 e. The molecule has 0 heterocycles. The van der Waals surface area contributed by atoms with Gasteiger partial charge in [0.05, 0.1) is 6.61 Å². The average molecular weight is 187 g/mol. The molecule has 0 spiro atoms. The number of hydrogen-bond acceptors (Lipinski definition) is 2. The van der Waals surface area contributed by atoms with Crippen LogP contribution in [0.25, 0.3) is 0 Å². The average Bonchev–Trinajstić information content (AvgIpc) is 2.13. The van der Waals surface area contributed by atoms with Gasteiger partial charge in [0.1, 0.15) is 0 Å². The second-order valence-electron chi connectivity index (χ2n) is 3.94. The molecule has 1 atom stereocenters. The number of aliphatic hydroxyl groups is 1. The molecule has 1 unspecified atom stereocenters. The Balaban J connectivity index is 4.71. The topological polar surface area (TPSA) is 23.5 Å². The number of aliphatic hydroxyl groups excluding tert-OH is 1. The summed E-state index contributed by atoms with van der Waals surface area (Å²) in [5, 5.41) is 9.54. The molecule has 80 valence electrons. The van der Waals surface area contributed by atoms with E-state index in [9.17, 15) is 5.11 Å². The van der Waals surface area contributed by atoms with Crippen molar-refractivity contribution in [1.29, 1.82) is 0 Å². The maximum Gasteiger partial charge on any atom is 0.0617 e. The third-order valence-electron chi connectivity index (χ3n) is 3.35. The number of likely N-dealkylation sites (N-methyl/N-ethyl adjacent to an activating group) is 1. The lowest BCUT2D eigenvalue weighted by atomic mass is 9.82. The fourth-order valence-corrected chi connectivity index (χ4v) is 2.24. The van der Waals surface area contributed by atoms with E-state index in [1.165, 1.54) is 0 Å². The van der Waals surface area contributed by atoms with E-state index in [-0.39, 0.29) is 12.1 Å². The van der Waals surface area contributed by atoms with E-state index in [0.717, 1.165) is 19.5 Å². The lowest BCUT2D eigenvalue weighted by molar-refractivity contribution is -0.00282. The second kappa shape index (κ2) is 5.61. The van der Waals surface area contributed by atoms with Crippen LogP contribution >= 0.6 is 0 Å². The molecule has 0 aliphatic heterocycles. The molecule has 0 saturated heterocycles. The maximum atomic E-state index is 9.54. The van der Waals surface area contributed by atoms with Gasteiger partial charge in [-0.25, -0.2) is 0 Å². The van der Waals surface area contributed by atoms with Crippen molar-refractivity contribution < 1.29 is 5.11 Å². The van der Waals surface area contributed by atoms with E-state index in [1.807, 2.05) is 0 Å². The Morgan fingerprint density at radius 2 is 1.62 bits per heavy atom. The van der Waals surface area contributed by atoms with Gasteiger partial charge >= 0.3 is 0 Å². The van der Waals surface area contributed by atoms with Gasteiger partial charge in [-0.3, -0.25) is 4.90 Å². The largest absolute Gasteiger partial charge is 0.394 e. The van der Waals surface area contributed by atoms with Gasteiger partial charge in [0, 0.05) is 5.54 Å². The van der Waals surface area contributed by atoms with Crippen molar-refractivity contribution in [2.24, 2.45) is 5.92 Å². The van der Waals surface area contributed by atoms with Crippen molar-refractivity contribution in [3.63, 3.8) is 0 Å². The van der Waals surface area contributed by atoms with Crippen LogP contribution in [0, 0.1) is 5.92 Å². The van der Waals surface area contributed by atoms with Crippen molar-refractivity contribution in [1.82, 2.24) is 4.90 Å². The highest BCUT2D eigenvalue weighted by Gasteiger charge is 2.35. The van der Waals surface area contributed by atoms with E-state index >= 15 is 0 Å². The van der Waals surface area contributed by atoms with Gasteiger partial charge in [0.25, 0.3) is 0 Å². The molecule has 0 aromatic heterocycles. The molecule has 0 saturated carbocycles. The van der Waals surface area contributed by atoms with Crippen LogP contribution in [0.4, 0.5) is 0 Å². The molecule has 0 aromatic rings. The molecular formula is C11H25NO. The Labute approximate surface area is 82.9 Å². The van der Waals surface area contributed by atoms with Gasteiger partial charge in [-0.1, -0.05) is 34.6 Å². The van der Waals surface area contributed by atoms with Crippen molar-refractivity contribution in [3.05, 3.63) is 0 Å². The first-order valence-corrected chi connectivity index (χ1v) is 5.44.